The van der Waals surface area contributed by atoms with Gasteiger partial charge in [0.15, 0.2) is 0 Å². The predicted octanol–water partition coefficient (Wildman–Crippen LogP) is 4.44. The molecule has 8 heteroatoms. The molecule has 0 bridgehead atoms. The molecular formula is C19H20FN2O4P. The maximum Gasteiger partial charge on any atom is 0.319 e. The molecule has 3 atom stereocenters. The molecule has 0 aliphatic carbocycles. The van der Waals surface area contributed by atoms with Crippen LogP contribution in [0.1, 0.15) is 31.0 Å². The summed E-state index contributed by atoms with van der Waals surface area (Å²) in [6.45, 7) is 3.64. The van der Waals surface area contributed by atoms with E-state index in [1.165, 1.54) is 19.2 Å². The zero-order valence-electron chi connectivity index (χ0n) is 15.2. The van der Waals surface area contributed by atoms with Gasteiger partial charge >= 0.3 is 8.25 Å². The fourth-order valence-corrected chi connectivity index (χ4v) is 3.82. The molecule has 0 aromatic heterocycles. The van der Waals surface area contributed by atoms with Crippen molar-refractivity contribution in [1.29, 1.82) is 5.26 Å². The molecule has 1 aliphatic heterocycles. The van der Waals surface area contributed by atoms with Crippen LogP contribution in [0.4, 0.5) is 10.1 Å². The number of hydrogen-bond acceptors (Lipinski definition) is 6. The second kappa shape index (κ2) is 7.69. The van der Waals surface area contributed by atoms with Gasteiger partial charge in [-0.05, 0) is 56.3 Å². The molecule has 0 radical (unpaired) electrons. The predicted molar refractivity (Wildman–Crippen MR) is 99.5 cm³/mol. The number of nitriles is 1. The average molecular weight is 390 g/mol. The highest BCUT2D eigenvalue weighted by atomic mass is 31.1. The Morgan fingerprint density at radius 3 is 2.59 bits per heavy atom. The zero-order valence-corrected chi connectivity index (χ0v) is 16.2. The number of rotatable bonds is 5. The van der Waals surface area contributed by atoms with E-state index in [-0.39, 0.29) is 5.82 Å². The first-order chi connectivity index (χ1) is 12.8. The molecule has 0 amide bonds. The van der Waals surface area contributed by atoms with Gasteiger partial charge in [-0.2, -0.15) is 5.26 Å². The standard InChI is InChI=1S/C19H20FN2O4P/c1-19(2)18(26-27(23)24-3)17(22-14-7-5-13(20)6-8-14)15-10-12(11-21)4-9-16(15)25-19/h4-10,17-18,22,27H,1-3H3. The fraction of sp³-hybridized carbons (Fsp3) is 0.316. The summed E-state index contributed by atoms with van der Waals surface area (Å²) in [7, 11) is -1.43. The molecule has 1 N–H and O–H groups in total. The SMILES string of the molecule is CO[PH](=O)OC1C(Nc2ccc(F)cc2)c2cc(C#N)ccc2OC1(C)C. The average Bonchev–Trinajstić information content (AvgIpc) is 2.65. The van der Waals surface area contributed by atoms with E-state index in [1.807, 2.05) is 13.8 Å². The lowest BCUT2D eigenvalue weighted by atomic mass is 9.85. The number of nitrogens with one attached hydrogen (secondary N) is 1. The molecule has 3 rings (SSSR count). The van der Waals surface area contributed by atoms with Crippen molar-refractivity contribution in [1.82, 2.24) is 0 Å². The van der Waals surface area contributed by atoms with Crippen molar-refractivity contribution < 1.29 is 22.7 Å². The van der Waals surface area contributed by atoms with Crippen LogP contribution in [-0.4, -0.2) is 18.8 Å². The second-order valence-electron chi connectivity index (χ2n) is 6.69. The number of hydrogen-bond donors (Lipinski definition) is 1. The highest BCUT2D eigenvalue weighted by molar-refractivity contribution is 7.33. The summed E-state index contributed by atoms with van der Waals surface area (Å²) in [5.41, 5.74) is 0.963. The van der Waals surface area contributed by atoms with Gasteiger partial charge < -0.3 is 19.1 Å². The number of halogens is 1. The van der Waals surface area contributed by atoms with E-state index in [9.17, 15) is 14.2 Å². The molecule has 6 nitrogen and oxygen atoms in total. The summed E-state index contributed by atoms with van der Waals surface area (Å²) in [5.74, 6) is 0.243. The van der Waals surface area contributed by atoms with Crippen molar-refractivity contribution in [2.45, 2.75) is 31.6 Å². The number of anilines is 1. The first-order valence-corrected chi connectivity index (χ1v) is 9.56. The van der Waals surface area contributed by atoms with Crippen LogP contribution < -0.4 is 10.1 Å². The van der Waals surface area contributed by atoms with E-state index in [0.29, 0.717) is 22.6 Å². The molecule has 2 aromatic rings. The highest BCUT2D eigenvalue weighted by Gasteiger charge is 2.46. The molecule has 2 aromatic carbocycles. The molecule has 1 aliphatic rings. The van der Waals surface area contributed by atoms with E-state index in [1.54, 1.807) is 30.3 Å². The number of benzene rings is 2. The Kier molecular flexibility index (Phi) is 5.52. The van der Waals surface area contributed by atoms with Gasteiger partial charge in [0.2, 0.25) is 0 Å². The quantitative estimate of drug-likeness (QED) is 0.760. The lowest BCUT2D eigenvalue weighted by molar-refractivity contribution is -0.0407. The van der Waals surface area contributed by atoms with Gasteiger partial charge in [-0.3, -0.25) is 4.57 Å². The Labute approximate surface area is 157 Å². The van der Waals surface area contributed by atoms with Gasteiger partial charge in [-0.1, -0.05) is 0 Å². The summed E-state index contributed by atoms with van der Waals surface area (Å²) in [5, 5.41) is 12.5. The maximum absolute atomic E-state index is 13.3. The van der Waals surface area contributed by atoms with Crippen LogP contribution in [0.3, 0.4) is 0 Å². The van der Waals surface area contributed by atoms with Crippen molar-refractivity contribution in [2.75, 3.05) is 12.4 Å². The van der Waals surface area contributed by atoms with Gasteiger partial charge in [-0.15, -0.1) is 0 Å². The normalized spacial score (nSPS) is 21.4. The van der Waals surface area contributed by atoms with Crippen molar-refractivity contribution in [3.63, 3.8) is 0 Å². The Morgan fingerprint density at radius 1 is 1.26 bits per heavy atom. The van der Waals surface area contributed by atoms with Crippen molar-refractivity contribution >= 4 is 13.9 Å². The van der Waals surface area contributed by atoms with Crippen LogP contribution >= 0.6 is 8.25 Å². The number of ether oxygens (including phenoxy) is 1. The summed E-state index contributed by atoms with van der Waals surface area (Å²) in [4.78, 5) is 0. The van der Waals surface area contributed by atoms with Crippen LogP contribution in [0.2, 0.25) is 0 Å². The smallest absolute Gasteiger partial charge is 0.319 e. The van der Waals surface area contributed by atoms with E-state index >= 15 is 0 Å². The van der Waals surface area contributed by atoms with Crippen LogP contribution in [0.25, 0.3) is 0 Å². The fourth-order valence-electron chi connectivity index (χ4n) is 3.10. The zero-order chi connectivity index (χ0) is 19.6. The third-order valence-corrected chi connectivity index (χ3v) is 5.17. The molecule has 27 heavy (non-hydrogen) atoms. The van der Waals surface area contributed by atoms with E-state index in [0.717, 1.165) is 0 Å². The van der Waals surface area contributed by atoms with Crippen LogP contribution in [0, 0.1) is 17.1 Å². The lowest BCUT2D eigenvalue weighted by Crippen LogP contribution is -2.51. The van der Waals surface area contributed by atoms with Crippen molar-refractivity contribution in [2.24, 2.45) is 0 Å². The van der Waals surface area contributed by atoms with Gasteiger partial charge in [0, 0.05) is 18.4 Å². The number of nitrogens with zero attached hydrogens (tertiary/aromatic N) is 1. The summed E-state index contributed by atoms with van der Waals surface area (Å²) in [6, 6.07) is 12.6. The van der Waals surface area contributed by atoms with Gasteiger partial charge in [-0.25, -0.2) is 4.39 Å². The Balaban J connectivity index is 2.07. The third-order valence-electron chi connectivity index (χ3n) is 4.39. The minimum absolute atomic E-state index is 0.350. The first-order valence-electron chi connectivity index (χ1n) is 8.34. The van der Waals surface area contributed by atoms with Crippen LogP contribution in [0.5, 0.6) is 5.75 Å². The molecule has 1 heterocycles. The molecule has 3 unspecified atom stereocenters. The first kappa shape index (κ1) is 19.4. The molecule has 0 spiro atoms. The third kappa shape index (κ3) is 4.14. The highest BCUT2D eigenvalue weighted by Crippen LogP contribution is 2.46. The van der Waals surface area contributed by atoms with Crippen molar-refractivity contribution in [3.8, 4) is 11.8 Å². The summed E-state index contributed by atoms with van der Waals surface area (Å²) >= 11 is 0. The topological polar surface area (TPSA) is 80.6 Å². The van der Waals surface area contributed by atoms with Crippen molar-refractivity contribution in [3.05, 3.63) is 59.4 Å². The minimum Gasteiger partial charge on any atom is -0.485 e. The Bertz CT molecular complexity index is 896. The Morgan fingerprint density at radius 2 is 1.96 bits per heavy atom. The van der Waals surface area contributed by atoms with Crippen LogP contribution in [-0.2, 0) is 13.6 Å². The molecular weight excluding hydrogens is 370 g/mol. The minimum atomic E-state index is -2.74. The summed E-state index contributed by atoms with van der Waals surface area (Å²) in [6.07, 6.45) is -0.685. The molecule has 0 saturated carbocycles. The maximum atomic E-state index is 13.3. The second-order valence-corrected chi connectivity index (χ2v) is 7.84. The lowest BCUT2D eigenvalue weighted by Gasteiger charge is -2.44. The largest absolute Gasteiger partial charge is 0.485 e. The van der Waals surface area contributed by atoms with Crippen LogP contribution in [0.15, 0.2) is 42.5 Å². The van der Waals surface area contributed by atoms with Gasteiger partial charge in [0.25, 0.3) is 0 Å². The van der Waals surface area contributed by atoms with E-state index < -0.39 is 26.0 Å². The summed E-state index contributed by atoms with van der Waals surface area (Å²) < 4.78 is 41.8. The monoisotopic (exact) mass is 390 g/mol. The van der Waals surface area contributed by atoms with E-state index in [4.69, 9.17) is 13.8 Å². The van der Waals surface area contributed by atoms with E-state index in [2.05, 4.69) is 11.4 Å². The van der Waals surface area contributed by atoms with Gasteiger partial charge in [0.1, 0.15) is 23.3 Å². The van der Waals surface area contributed by atoms with Gasteiger partial charge in [0.05, 0.1) is 17.7 Å². The molecule has 142 valence electrons. The Hall–Kier alpha value is -2.39. The number of fused-ring (bicyclic) bond motifs is 1. The molecule has 0 saturated heterocycles. The molecule has 0 fully saturated rings.